The van der Waals surface area contributed by atoms with Crippen molar-refractivity contribution < 1.29 is 9.53 Å². The van der Waals surface area contributed by atoms with Crippen LogP contribution in [-0.4, -0.2) is 24.6 Å². The molecular formula is C16H25O2S+. The number of benzene rings is 1. The van der Waals surface area contributed by atoms with Gasteiger partial charge in [-0.25, -0.2) is 0 Å². The molecule has 2 atom stereocenters. The first kappa shape index (κ1) is 16.1. The normalized spacial score (nSPS) is 14.2. The van der Waals surface area contributed by atoms with Crippen molar-refractivity contribution in [2.24, 2.45) is 0 Å². The highest BCUT2D eigenvalue weighted by Gasteiger charge is 2.30. The van der Waals surface area contributed by atoms with Gasteiger partial charge in [0, 0.05) is 12.0 Å². The van der Waals surface area contributed by atoms with Crippen molar-refractivity contribution in [1.29, 1.82) is 0 Å². The van der Waals surface area contributed by atoms with Gasteiger partial charge in [-0.05, 0) is 37.6 Å². The number of hydrogen-bond donors (Lipinski definition) is 0. The van der Waals surface area contributed by atoms with E-state index in [1.807, 2.05) is 0 Å². The zero-order valence-corrected chi connectivity index (χ0v) is 13.2. The molecule has 2 unspecified atom stereocenters. The van der Waals surface area contributed by atoms with Crippen LogP contribution in [0.4, 0.5) is 0 Å². The number of ether oxygens (including phenoxy) is 1. The lowest BCUT2D eigenvalue weighted by molar-refractivity contribution is -0.140. The van der Waals surface area contributed by atoms with Crippen LogP contribution in [0.5, 0.6) is 0 Å². The molecule has 1 aromatic rings. The van der Waals surface area contributed by atoms with E-state index in [1.165, 1.54) is 12.7 Å². The third-order valence-corrected chi connectivity index (χ3v) is 6.33. The second kappa shape index (κ2) is 8.26. The molecule has 0 saturated carbocycles. The van der Waals surface area contributed by atoms with Crippen LogP contribution in [0.2, 0.25) is 0 Å². The average molecular weight is 281 g/mol. The summed E-state index contributed by atoms with van der Waals surface area (Å²) in [6, 6.07) is 10.7. The highest BCUT2D eigenvalue weighted by atomic mass is 32.2. The highest BCUT2D eigenvalue weighted by Crippen LogP contribution is 2.31. The molecule has 19 heavy (non-hydrogen) atoms. The van der Waals surface area contributed by atoms with Crippen LogP contribution in [-0.2, 0) is 20.4 Å². The van der Waals surface area contributed by atoms with E-state index in [9.17, 15) is 4.79 Å². The van der Waals surface area contributed by atoms with Crippen molar-refractivity contribution in [3.8, 4) is 0 Å². The number of carbonyl (C=O) groups excluding carboxylic acids is 1. The van der Waals surface area contributed by atoms with Gasteiger partial charge in [0.1, 0.15) is 10.5 Å². The van der Waals surface area contributed by atoms with E-state index in [4.69, 9.17) is 4.74 Å². The summed E-state index contributed by atoms with van der Waals surface area (Å²) >= 11 is 0. The summed E-state index contributed by atoms with van der Waals surface area (Å²) in [6.07, 6.45) is 4.81. The molecule has 0 radical (unpaired) electrons. The molecule has 0 aromatic heterocycles. The van der Waals surface area contributed by atoms with Gasteiger partial charge in [-0.1, -0.05) is 30.3 Å². The third-order valence-electron chi connectivity index (χ3n) is 3.44. The van der Waals surface area contributed by atoms with E-state index in [0.717, 1.165) is 12.8 Å². The molecule has 0 heterocycles. The molecule has 0 N–H and O–H groups in total. The molecule has 0 saturated heterocycles. The Kier molecular flexibility index (Phi) is 7.00. The van der Waals surface area contributed by atoms with Crippen LogP contribution in [0.25, 0.3) is 0 Å². The minimum atomic E-state index is -0.104. The smallest absolute Gasteiger partial charge is 0.305 e. The van der Waals surface area contributed by atoms with Gasteiger partial charge in [0.25, 0.3) is 0 Å². The number of rotatable bonds is 7. The first-order valence-electron chi connectivity index (χ1n) is 6.81. The zero-order valence-electron chi connectivity index (χ0n) is 12.4. The Balaban J connectivity index is 2.68. The monoisotopic (exact) mass is 281 g/mol. The molecule has 106 valence electrons. The quantitative estimate of drug-likeness (QED) is 0.562. The summed E-state index contributed by atoms with van der Waals surface area (Å²) in [7, 11) is 1.77. The fourth-order valence-electron chi connectivity index (χ4n) is 2.10. The average Bonchev–Trinajstić information content (AvgIpc) is 2.43. The van der Waals surface area contributed by atoms with Gasteiger partial charge >= 0.3 is 5.97 Å². The maximum atomic E-state index is 11.2. The second-order valence-corrected chi connectivity index (χ2v) is 7.75. The molecular weight excluding hydrogens is 256 g/mol. The summed E-state index contributed by atoms with van der Waals surface area (Å²) in [6.45, 7) is 4.55. The summed E-state index contributed by atoms with van der Waals surface area (Å²) in [5.74, 6) is -0.104. The van der Waals surface area contributed by atoms with Crippen molar-refractivity contribution in [3.05, 3.63) is 35.9 Å². The summed E-state index contributed by atoms with van der Waals surface area (Å²) in [5, 5.41) is 1.22. The predicted octanol–water partition coefficient (Wildman–Crippen LogP) is 3.73. The first-order valence-corrected chi connectivity index (χ1v) is 8.57. The van der Waals surface area contributed by atoms with E-state index in [2.05, 4.69) is 50.4 Å². The lowest BCUT2D eigenvalue weighted by Gasteiger charge is -2.19. The second-order valence-electron chi connectivity index (χ2n) is 5.02. The molecule has 0 aliphatic rings. The highest BCUT2D eigenvalue weighted by molar-refractivity contribution is 7.97. The topological polar surface area (TPSA) is 26.3 Å². The van der Waals surface area contributed by atoms with E-state index in [1.54, 1.807) is 0 Å². The van der Waals surface area contributed by atoms with E-state index < -0.39 is 0 Å². The molecule has 0 spiro atoms. The van der Waals surface area contributed by atoms with Gasteiger partial charge in [-0.15, -0.1) is 0 Å². The van der Waals surface area contributed by atoms with E-state index in [0.29, 0.717) is 27.8 Å². The Labute approximate surface area is 119 Å². The van der Waals surface area contributed by atoms with Gasteiger partial charge in [0.05, 0.1) is 13.4 Å². The minimum Gasteiger partial charge on any atom is -0.469 e. The fourth-order valence-corrected chi connectivity index (χ4v) is 3.88. The van der Waals surface area contributed by atoms with Crippen molar-refractivity contribution in [2.75, 3.05) is 13.4 Å². The van der Waals surface area contributed by atoms with Gasteiger partial charge in [0.15, 0.2) is 0 Å². The van der Waals surface area contributed by atoms with Crippen molar-refractivity contribution >= 4 is 16.9 Å². The lowest BCUT2D eigenvalue weighted by atomic mass is 10.1. The van der Waals surface area contributed by atoms with Crippen molar-refractivity contribution in [2.45, 2.75) is 43.6 Å². The van der Waals surface area contributed by atoms with Crippen LogP contribution >= 0.6 is 0 Å². The minimum absolute atomic E-state index is 0.104. The Morgan fingerprint density at radius 3 is 2.42 bits per heavy atom. The molecule has 1 rings (SSSR count). The zero-order chi connectivity index (χ0) is 14.3. The van der Waals surface area contributed by atoms with E-state index >= 15 is 0 Å². The van der Waals surface area contributed by atoms with Crippen LogP contribution in [0.15, 0.2) is 30.3 Å². The number of methoxy groups -OCH3 is 1. The summed E-state index contributed by atoms with van der Waals surface area (Å²) in [5.41, 5.74) is 1.40. The van der Waals surface area contributed by atoms with Gasteiger partial charge in [-0.2, -0.15) is 0 Å². The molecule has 2 nitrogen and oxygen atoms in total. The number of hydrogen-bond acceptors (Lipinski definition) is 2. The third kappa shape index (κ3) is 5.27. The molecule has 0 fully saturated rings. The summed E-state index contributed by atoms with van der Waals surface area (Å²) < 4.78 is 4.71. The molecule has 0 bridgehead atoms. The van der Waals surface area contributed by atoms with E-state index in [-0.39, 0.29) is 5.97 Å². The largest absolute Gasteiger partial charge is 0.469 e. The fraction of sp³-hybridized carbons (Fsp3) is 0.562. The molecule has 0 amide bonds. The van der Waals surface area contributed by atoms with Gasteiger partial charge in [0.2, 0.25) is 0 Å². The number of esters is 1. The number of carbonyl (C=O) groups is 1. The van der Waals surface area contributed by atoms with Crippen molar-refractivity contribution in [3.63, 3.8) is 0 Å². The molecule has 1 aromatic carbocycles. The van der Waals surface area contributed by atoms with Crippen molar-refractivity contribution in [1.82, 2.24) is 0 Å². The maximum absolute atomic E-state index is 11.2. The Morgan fingerprint density at radius 1 is 1.26 bits per heavy atom. The van der Waals surface area contributed by atoms with Crippen LogP contribution in [0.3, 0.4) is 0 Å². The SMILES string of the molecule is COC(=O)CCCC(c1ccccc1)[S+](C)C(C)C. The standard InChI is InChI=1S/C16H25O2S/c1-13(2)19(4)15(11-8-12-16(17)18-3)14-9-6-5-7-10-14/h5-7,9-10,13,15H,8,11-12H2,1-4H3/q+1. The first-order chi connectivity index (χ1) is 9.06. The Morgan fingerprint density at radius 2 is 1.89 bits per heavy atom. The van der Waals surface area contributed by atoms with Gasteiger partial charge < -0.3 is 4.74 Å². The molecule has 3 heteroatoms. The molecule has 0 aliphatic carbocycles. The predicted molar refractivity (Wildman–Crippen MR) is 83.5 cm³/mol. The van der Waals surface area contributed by atoms with Crippen LogP contribution < -0.4 is 0 Å². The van der Waals surface area contributed by atoms with Crippen LogP contribution in [0.1, 0.15) is 43.9 Å². The Hall–Kier alpha value is -0.960. The van der Waals surface area contributed by atoms with Crippen LogP contribution in [0, 0.1) is 0 Å². The Bertz CT molecular complexity index is 376. The maximum Gasteiger partial charge on any atom is 0.305 e. The van der Waals surface area contributed by atoms with Gasteiger partial charge in [-0.3, -0.25) is 4.79 Å². The molecule has 0 aliphatic heterocycles. The summed E-state index contributed by atoms with van der Waals surface area (Å²) in [4.78, 5) is 11.2. The lowest BCUT2D eigenvalue weighted by Crippen LogP contribution is -2.21.